The Hall–Kier alpha value is 0.680. The third-order valence-electron chi connectivity index (χ3n) is 7.84. The van der Waals surface area contributed by atoms with Crippen molar-refractivity contribution in [3.63, 3.8) is 0 Å². The van der Waals surface area contributed by atoms with Crippen LogP contribution in [0.25, 0.3) is 0 Å². The number of rotatable bonds is 4. The third kappa shape index (κ3) is 11.4. The van der Waals surface area contributed by atoms with E-state index >= 15 is 0 Å². The molecule has 256 valence electrons. The Labute approximate surface area is 384 Å². The Morgan fingerprint density at radius 1 is 0.346 bits per heavy atom. The van der Waals surface area contributed by atoms with E-state index in [0.29, 0.717) is 0 Å². The molecule has 1 aliphatic carbocycles. The molecule has 0 spiro atoms. The Bertz CT molecular complexity index is 1810. The van der Waals surface area contributed by atoms with Crippen LogP contribution in [0, 0.1) is 0 Å². The molecule has 16 nitrogen and oxygen atoms in total. The van der Waals surface area contributed by atoms with E-state index in [4.69, 9.17) is 0 Å². The fourth-order valence-electron chi connectivity index (χ4n) is 5.52. The van der Waals surface area contributed by atoms with Gasteiger partial charge < -0.3 is 77.8 Å². The van der Waals surface area contributed by atoms with Crippen molar-refractivity contribution in [3.05, 3.63) is 93.0 Å². The number of aromatic hydroxyl groups is 4. The summed E-state index contributed by atoms with van der Waals surface area (Å²) in [6, 6.07) is 6.39. The molecule has 8 N–H and O–H groups in total. The first-order valence-electron chi connectivity index (χ1n) is 13.5. The molecule has 8 bridgehead atoms. The van der Waals surface area contributed by atoms with Gasteiger partial charge in [-0.3, -0.25) is 0 Å². The molecule has 4 aromatic rings. The molecule has 52 heavy (non-hydrogen) atoms. The summed E-state index contributed by atoms with van der Waals surface area (Å²) in [5.41, 5.74) is -2.75. The van der Waals surface area contributed by atoms with Crippen LogP contribution < -0.4 is 159 Å². The van der Waals surface area contributed by atoms with Crippen LogP contribution in [0.3, 0.4) is 0 Å². The van der Waals surface area contributed by atoms with E-state index in [1.807, 2.05) is 0 Å². The molecule has 0 aliphatic heterocycles. The minimum Gasteiger partial charge on any atom is -0.775 e. The van der Waals surface area contributed by atoms with E-state index in [9.17, 15) is 77.8 Å². The summed E-state index contributed by atoms with van der Waals surface area (Å²) in [6.45, 7) is 0. The molecule has 0 heterocycles. The second-order valence-corrected chi connectivity index (χ2v) is 17.5. The molecule has 0 fully saturated rings. The maximum absolute atomic E-state index is 12.2. The van der Waals surface area contributed by atoms with E-state index in [2.05, 4.69) is 0 Å². The second-order valence-electron chi connectivity index (χ2n) is 11.2. The summed E-state index contributed by atoms with van der Waals surface area (Å²) in [4.78, 5) is 88.4. The molecule has 0 radical (unpaired) electrons. The first kappa shape index (κ1) is 50.7. The van der Waals surface area contributed by atoms with Gasteiger partial charge in [-0.25, -0.2) is 0 Å². The SMILES string of the molecule is O=P([O-])(O)c1cc2c(O)c(c1)Cc1cc(P(=O)([O-])O)cc(c1O)Cc1cc(P(=O)([O-])O)cc(c1O)Cc1cc(P(=O)([O-])O)cc(c1O)C2.[Na+].[Na+].[Na+].[Na+]. The Balaban J connectivity index is 0.00000338. The van der Waals surface area contributed by atoms with Crippen molar-refractivity contribution in [1.29, 1.82) is 0 Å². The zero-order valence-electron chi connectivity index (χ0n) is 28.1. The first-order chi connectivity index (χ1) is 21.9. The second kappa shape index (κ2) is 18.5. The smallest absolute Gasteiger partial charge is 0.775 e. The van der Waals surface area contributed by atoms with Crippen LogP contribution in [0.15, 0.2) is 48.5 Å². The molecular weight excluding hydrogens is 808 g/mol. The average molecular weight is 832 g/mol. The number of phenols is 4. The molecule has 4 aromatic carbocycles. The molecule has 5 rings (SSSR count). The van der Waals surface area contributed by atoms with Gasteiger partial charge in [0, 0.05) is 46.9 Å². The summed E-state index contributed by atoms with van der Waals surface area (Å²) in [7, 11) is -21.3. The van der Waals surface area contributed by atoms with E-state index < -0.39 is 100 Å². The number of hydrogen-bond acceptors (Lipinski definition) is 12. The zero-order valence-corrected chi connectivity index (χ0v) is 39.7. The zero-order chi connectivity index (χ0) is 35.7. The monoisotopic (exact) mass is 832 g/mol. The topological polar surface area (TPSA) is 322 Å². The minimum atomic E-state index is -5.33. The predicted molar refractivity (Wildman–Crippen MR) is 161 cm³/mol. The third-order valence-corrected chi connectivity index (χ3v) is 11.5. The van der Waals surface area contributed by atoms with Crippen LogP contribution >= 0.6 is 30.4 Å². The summed E-state index contributed by atoms with van der Waals surface area (Å²) < 4.78 is 48.9. The van der Waals surface area contributed by atoms with Gasteiger partial charge in [0.05, 0.1) is 0 Å². The van der Waals surface area contributed by atoms with Crippen molar-refractivity contribution in [2.45, 2.75) is 25.7 Å². The van der Waals surface area contributed by atoms with Crippen LogP contribution in [-0.4, -0.2) is 40.0 Å². The van der Waals surface area contributed by atoms with Gasteiger partial charge in [0.1, 0.15) is 23.0 Å². The molecule has 4 unspecified atom stereocenters. The normalized spacial score (nSPS) is 16.8. The van der Waals surface area contributed by atoms with Crippen molar-refractivity contribution in [2.24, 2.45) is 0 Å². The van der Waals surface area contributed by atoms with Crippen LogP contribution in [0.5, 0.6) is 23.0 Å². The van der Waals surface area contributed by atoms with Crippen LogP contribution in [0.4, 0.5) is 0 Å². The van der Waals surface area contributed by atoms with Gasteiger partial charge >= 0.3 is 118 Å². The van der Waals surface area contributed by atoms with Gasteiger partial charge in [-0.2, -0.15) is 0 Å². The van der Waals surface area contributed by atoms with E-state index in [0.717, 1.165) is 48.5 Å². The van der Waals surface area contributed by atoms with Gasteiger partial charge in [-0.15, -0.1) is 0 Å². The van der Waals surface area contributed by atoms with Gasteiger partial charge in [0.15, 0.2) is 30.4 Å². The molecule has 1 aliphatic rings. The molecule has 0 aromatic heterocycles. The molecule has 24 heteroatoms. The largest absolute Gasteiger partial charge is 1.00 e. The summed E-state index contributed by atoms with van der Waals surface area (Å²) in [5.74, 6) is -2.77. The van der Waals surface area contributed by atoms with Crippen molar-refractivity contribution < 1.29 is 196 Å². The minimum absolute atomic E-state index is 0. The quantitative estimate of drug-likeness (QED) is 0.0616. The fraction of sp³-hybridized carbons (Fsp3) is 0.143. The maximum atomic E-state index is 12.2. The Kier molecular flexibility index (Phi) is 18.0. The Morgan fingerprint density at radius 2 is 0.462 bits per heavy atom. The fourth-order valence-corrected chi connectivity index (χ4v) is 8.07. The number of fused-ring (bicyclic) bond motifs is 8. The standard InChI is InChI=1S/C28H28O16P4.4Na/c29-25-13-1-14-6-22(46(36,37)38)8-16(26(14)30)3-18-10-24(48(42,43)44)12-20(28(18)32)4-19-11-23(47(39,40)41)9-17(27(19)31)2-15(25)7-21(5-13)45(33,34)35;;;;/h5-12,29-32H,1-4H2,(H2,33,34,35)(H2,36,37,38)(H2,39,40,41)(H2,42,43,44);;;;/q;4*+1/p-4. The van der Waals surface area contributed by atoms with Gasteiger partial charge in [0.25, 0.3) is 0 Å². The van der Waals surface area contributed by atoms with E-state index in [1.165, 1.54) is 0 Å². The van der Waals surface area contributed by atoms with Crippen molar-refractivity contribution in [1.82, 2.24) is 0 Å². The average Bonchev–Trinajstić information content (AvgIpc) is 2.93. The van der Waals surface area contributed by atoms with E-state index in [-0.39, 0.29) is 163 Å². The van der Waals surface area contributed by atoms with Crippen molar-refractivity contribution in [3.8, 4) is 23.0 Å². The van der Waals surface area contributed by atoms with Crippen molar-refractivity contribution in [2.75, 3.05) is 0 Å². The molecule has 0 amide bonds. The predicted octanol–water partition coefficient (Wildman–Crippen LogP) is -14.1. The summed E-state index contributed by atoms with van der Waals surface area (Å²) in [5, 5.41) is 41.8. The van der Waals surface area contributed by atoms with E-state index in [1.54, 1.807) is 0 Å². The molecule has 0 saturated heterocycles. The van der Waals surface area contributed by atoms with Gasteiger partial charge in [0.2, 0.25) is 0 Å². The van der Waals surface area contributed by atoms with Gasteiger partial charge in [-0.05, 0) is 93.0 Å². The number of hydrogen-bond donors (Lipinski definition) is 8. The number of benzene rings is 4. The van der Waals surface area contributed by atoms with Gasteiger partial charge in [-0.1, -0.05) is 0 Å². The summed E-state index contributed by atoms with van der Waals surface area (Å²) >= 11 is 0. The maximum Gasteiger partial charge on any atom is 1.00 e. The van der Waals surface area contributed by atoms with Crippen molar-refractivity contribution >= 4 is 51.6 Å². The Morgan fingerprint density at radius 3 is 0.558 bits per heavy atom. The molecule has 0 saturated carbocycles. The first-order valence-corrected chi connectivity index (χ1v) is 19.8. The van der Waals surface area contributed by atoms with Crippen LogP contribution in [0.2, 0.25) is 0 Å². The molecule has 4 atom stereocenters. The molecular formula is C28H24Na4O16P4. The number of phenolic OH excluding ortho intramolecular Hbond substituents is 4. The van der Waals surface area contributed by atoms with Crippen LogP contribution in [-0.2, 0) is 43.9 Å². The van der Waals surface area contributed by atoms with Crippen LogP contribution in [0.1, 0.15) is 44.5 Å². The summed E-state index contributed by atoms with van der Waals surface area (Å²) in [6.07, 6.45) is -2.70.